The van der Waals surface area contributed by atoms with Gasteiger partial charge in [0.15, 0.2) is 0 Å². The zero-order chi connectivity index (χ0) is 42.8. The molecule has 6 aromatic rings. The van der Waals surface area contributed by atoms with E-state index in [0.29, 0.717) is 3.63 Å². The Kier molecular flexibility index (Phi) is 11.1. The number of rotatable bonds is 6. The Hall–Kier alpha value is -4.45. The van der Waals surface area contributed by atoms with Crippen molar-refractivity contribution in [2.24, 2.45) is 0 Å². The van der Waals surface area contributed by atoms with Crippen molar-refractivity contribution in [1.82, 2.24) is 0 Å². The molecule has 6 aromatic carbocycles. The first-order valence-electron chi connectivity index (χ1n) is 22.1. The summed E-state index contributed by atoms with van der Waals surface area (Å²) in [5.41, 5.74) is 19.6. The number of allylic oxidation sites excluding steroid dienone is 4. The van der Waals surface area contributed by atoms with Gasteiger partial charge in [-0.3, -0.25) is 0 Å². The molecule has 0 unspecified atom stereocenters. The topological polar surface area (TPSA) is 0 Å². The zero-order valence-corrected chi connectivity index (χ0v) is 40.6. The maximum absolute atomic E-state index is 3.01. The second-order valence-electron chi connectivity index (χ2n) is 21.4. The molecule has 0 N–H and O–H groups in total. The van der Waals surface area contributed by atoms with Gasteiger partial charge in [-0.05, 0) is 0 Å². The molecule has 0 nitrogen and oxygen atoms in total. The van der Waals surface area contributed by atoms with Crippen LogP contribution in [0.15, 0.2) is 158 Å². The molecule has 0 amide bonds. The van der Waals surface area contributed by atoms with Crippen LogP contribution in [-0.2, 0) is 42.9 Å². The fraction of sp³-hybridized carbons (Fsp3) is 0.305. The van der Waals surface area contributed by atoms with Crippen LogP contribution in [0.3, 0.4) is 0 Å². The molecule has 0 saturated carbocycles. The van der Waals surface area contributed by atoms with E-state index >= 15 is 0 Å². The molecule has 0 aliphatic heterocycles. The molecule has 2 aliphatic carbocycles. The second-order valence-corrected chi connectivity index (χ2v) is 27.9. The summed E-state index contributed by atoms with van der Waals surface area (Å²) in [6.45, 7) is 28.3. The van der Waals surface area contributed by atoms with Crippen LogP contribution in [0.2, 0.25) is 3.63 Å². The van der Waals surface area contributed by atoms with Crippen molar-refractivity contribution in [3.63, 3.8) is 0 Å². The molecule has 0 bridgehead atoms. The van der Waals surface area contributed by atoms with Crippen molar-refractivity contribution in [2.75, 3.05) is 0 Å². The maximum atomic E-state index is 2.65. The van der Waals surface area contributed by atoms with Gasteiger partial charge in [0.1, 0.15) is 0 Å². The van der Waals surface area contributed by atoms with Crippen LogP contribution < -0.4 is 0 Å². The SMILES string of the molecule is CC(C)(C)c1ccc([C](c2ccc(C(C)(C)C)cc2)=[Zr]([CH]2C=CC=C2)[CH]2c3cc(-c4ccccc4)c(C(C)(C)C)cc3-c3cc(C(C)(C)C)c(-c4ccccc4)cc32)cc1. The molecule has 0 fully saturated rings. The van der Waals surface area contributed by atoms with Gasteiger partial charge in [0, 0.05) is 0 Å². The van der Waals surface area contributed by atoms with Gasteiger partial charge in [-0.25, -0.2) is 0 Å². The first-order valence-corrected chi connectivity index (χ1v) is 26.2. The molecule has 1 heteroatoms. The fourth-order valence-electron chi connectivity index (χ4n) is 9.55. The molecule has 0 radical (unpaired) electrons. The van der Waals surface area contributed by atoms with Crippen molar-refractivity contribution >= 4 is 3.21 Å². The number of hydrogen-bond donors (Lipinski definition) is 0. The van der Waals surface area contributed by atoms with Crippen molar-refractivity contribution in [2.45, 2.75) is 112 Å². The Balaban J connectivity index is 1.54. The van der Waals surface area contributed by atoms with Gasteiger partial charge in [0.05, 0.1) is 0 Å². The van der Waals surface area contributed by atoms with Crippen LogP contribution >= 0.6 is 0 Å². The van der Waals surface area contributed by atoms with Crippen LogP contribution in [0.1, 0.15) is 131 Å². The fourth-order valence-corrected chi connectivity index (χ4v) is 18.9. The summed E-state index contributed by atoms with van der Waals surface area (Å²) in [7, 11) is 0. The van der Waals surface area contributed by atoms with E-state index in [0.717, 1.165) is 0 Å². The molecule has 0 atom stereocenters. The molecule has 8 rings (SSSR count). The van der Waals surface area contributed by atoms with E-state index in [2.05, 4.69) is 241 Å². The zero-order valence-electron chi connectivity index (χ0n) is 38.2. The predicted molar refractivity (Wildman–Crippen MR) is 258 cm³/mol. The van der Waals surface area contributed by atoms with E-state index in [1.807, 2.05) is 0 Å². The molecule has 2 aliphatic rings. The molecule has 0 spiro atoms. The van der Waals surface area contributed by atoms with Gasteiger partial charge in [-0.15, -0.1) is 0 Å². The van der Waals surface area contributed by atoms with E-state index in [1.54, 1.807) is 3.21 Å². The van der Waals surface area contributed by atoms with E-state index in [-0.39, 0.29) is 25.3 Å². The summed E-state index contributed by atoms with van der Waals surface area (Å²) in [6.07, 6.45) is 9.73. The van der Waals surface area contributed by atoms with Gasteiger partial charge >= 0.3 is 372 Å². The number of hydrogen-bond acceptors (Lipinski definition) is 0. The Morgan fingerprint density at radius 1 is 0.400 bits per heavy atom. The summed E-state index contributed by atoms with van der Waals surface area (Å²) >= 11 is -3.01. The number of benzene rings is 6. The molecular formula is C59H64Zr. The van der Waals surface area contributed by atoms with E-state index < -0.39 is 21.3 Å². The molecule has 304 valence electrons. The van der Waals surface area contributed by atoms with Gasteiger partial charge in [-0.2, -0.15) is 0 Å². The van der Waals surface area contributed by atoms with E-state index in [4.69, 9.17) is 0 Å². The number of fused-ring (bicyclic) bond motifs is 3. The van der Waals surface area contributed by atoms with Crippen molar-refractivity contribution in [3.05, 3.63) is 202 Å². The van der Waals surface area contributed by atoms with Crippen LogP contribution in [0, 0.1) is 0 Å². The average molecular weight is 864 g/mol. The Morgan fingerprint density at radius 2 is 0.767 bits per heavy atom. The minimum atomic E-state index is -3.01. The second kappa shape index (κ2) is 15.8. The van der Waals surface area contributed by atoms with Gasteiger partial charge < -0.3 is 0 Å². The molecule has 0 heterocycles. The Morgan fingerprint density at radius 3 is 1.10 bits per heavy atom. The van der Waals surface area contributed by atoms with Crippen molar-refractivity contribution in [3.8, 4) is 33.4 Å². The third kappa shape index (κ3) is 8.17. The van der Waals surface area contributed by atoms with Crippen LogP contribution in [0.4, 0.5) is 0 Å². The van der Waals surface area contributed by atoms with Crippen molar-refractivity contribution in [1.29, 1.82) is 0 Å². The first kappa shape index (κ1) is 42.3. The summed E-state index contributed by atoms with van der Waals surface area (Å²) < 4.78 is 2.27. The quantitative estimate of drug-likeness (QED) is 0.156. The molecular weight excluding hydrogens is 800 g/mol. The average Bonchev–Trinajstić information content (AvgIpc) is 3.85. The summed E-state index contributed by atoms with van der Waals surface area (Å²) in [5, 5.41) is 0. The van der Waals surface area contributed by atoms with E-state index in [9.17, 15) is 0 Å². The van der Waals surface area contributed by atoms with Gasteiger partial charge in [0.25, 0.3) is 0 Å². The summed E-state index contributed by atoms with van der Waals surface area (Å²) in [6, 6.07) is 52.3. The van der Waals surface area contributed by atoms with Crippen molar-refractivity contribution < 1.29 is 21.3 Å². The van der Waals surface area contributed by atoms with E-state index in [1.165, 1.54) is 77.9 Å². The minimum absolute atomic E-state index is 0.0469. The Labute approximate surface area is 369 Å². The van der Waals surface area contributed by atoms with Crippen LogP contribution in [0.25, 0.3) is 33.4 Å². The van der Waals surface area contributed by atoms with Crippen LogP contribution in [-0.4, -0.2) is 3.21 Å². The first-order chi connectivity index (χ1) is 28.3. The van der Waals surface area contributed by atoms with Gasteiger partial charge in [0.2, 0.25) is 0 Å². The third-order valence-corrected chi connectivity index (χ3v) is 21.5. The third-order valence-electron chi connectivity index (χ3n) is 12.9. The van der Waals surface area contributed by atoms with Crippen LogP contribution in [0.5, 0.6) is 0 Å². The molecule has 0 aromatic heterocycles. The Bertz CT molecular complexity index is 2440. The predicted octanol–water partition coefficient (Wildman–Crippen LogP) is 16.1. The monoisotopic (exact) mass is 862 g/mol. The summed E-state index contributed by atoms with van der Waals surface area (Å²) in [4.78, 5) is 0. The molecule has 60 heavy (non-hydrogen) atoms. The summed E-state index contributed by atoms with van der Waals surface area (Å²) in [5.74, 6) is 0. The van der Waals surface area contributed by atoms with Gasteiger partial charge in [-0.1, -0.05) is 0 Å². The standard InChI is InChI=1S/C33H33.C21H26.C5H5.Zr/c1-32(2,3)30-20-26-24(18-28(30)22-13-9-7-10-14-22)17-25-19-29(23-15-11-8-12-16-23)31(21-27(25)26)33(4,5)6;1-20(2,3)18-11-7-16(8-12-18)15-17-9-13-19(14-10-17)21(4,5)6;1-2-4-5-3-1;/h7-21H,1-6H3;7-14H,1-6H3;1-5H;. The normalized spacial score (nSPS) is 14.4. The molecule has 0 saturated heterocycles.